The zero-order valence-electron chi connectivity index (χ0n) is 12.2. The number of nitrogens with one attached hydrogen (secondary N) is 2. The Morgan fingerprint density at radius 1 is 1.45 bits per heavy atom. The topological polar surface area (TPSA) is 71.3 Å². The van der Waals surface area contributed by atoms with E-state index in [0.29, 0.717) is 10.9 Å². The minimum Gasteiger partial charge on any atom is -0.461 e. The predicted octanol–water partition coefficient (Wildman–Crippen LogP) is 2.44. The predicted molar refractivity (Wildman–Crippen MR) is 80.6 cm³/mol. The van der Waals surface area contributed by atoms with Crippen molar-refractivity contribution in [1.82, 2.24) is 10.6 Å². The van der Waals surface area contributed by atoms with Crippen molar-refractivity contribution in [2.24, 2.45) is 0 Å². The number of carbonyl (C=O) groups is 2. The summed E-state index contributed by atoms with van der Waals surface area (Å²) in [6.07, 6.45) is 2.74. The zero-order valence-corrected chi connectivity index (χ0v) is 12.2. The SMILES string of the molecule is C=CC(=O)NCCC(=O)N[C@H](C)c1coc2c(F)cccc12. The van der Waals surface area contributed by atoms with E-state index in [1.165, 1.54) is 12.3 Å². The van der Waals surface area contributed by atoms with Gasteiger partial charge in [-0.25, -0.2) is 4.39 Å². The average molecular weight is 304 g/mol. The summed E-state index contributed by atoms with van der Waals surface area (Å²) in [5.74, 6) is -0.978. The summed E-state index contributed by atoms with van der Waals surface area (Å²) >= 11 is 0. The minimum atomic E-state index is -0.436. The van der Waals surface area contributed by atoms with Gasteiger partial charge in [-0.2, -0.15) is 0 Å². The van der Waals surface area contributed by atoms with Crippen LogP contribution in [0.5, 0.6) is 0 Å². The van der Waals surface area contributed by atoms with Crippen LogP contribution in [0.25, 0.3) is 11.0 Å². The number of furan rings is 1. The summed E-state index contributed by atoms with van der Waals surface area (Å²) < 4.78 is 18.8. The molecule has 116 valence electrons. The third-order valence-electron chi connectivity index (χ3n) is 3.26. The molecule has 6 heteroatoms. The van der Waals surface area contributed by atoms with Crippen LogP contribution in [0.3, 0.4) is 0 Å². The van der Waals surface area contributed by atoms with Gasteiger partial charge in [0.05, 0.1) is 12.3 Å². The molecule has 0 saturated carbocycles. The van der Waals surface area contributed by atoms with E-state index in [9.17, 15) is 14.0 Å². The summed E-state index contributed by atoms with van der Waals surface area (Å²) in [5, 5.41) is 5.94. The molecule has 1 atom stereocenters. The van der Waals surface area contributed by atoms with Gasteiger partial charge in [-0.1, -0.05) is 18.7 Å². The fourth-order valence-corrected chi connectivity index (χ4v) is 2.14. The summed E-state index contributed by atoms with van der Waals surface area (Å²) in [7, 11) is 0. The Morgan fingerprint density at radius 3 is 2.95 bits per heavy atom. The smallest absolute Gasteiger partial charge is 0.243 e. The number of para-hydroxylation sites is 1. The van der Waals surface area contributed by atoms with E-state index >= 15 is 0 Å². The van der Waals surface area contributed by atoms with Gasteiger partial charge in [0.15, 0.2) is 11.4 Å². The molecule has 5 nitrogen and oxygen atoms in total. The number of amides is 2. The molecule has 2 rings (SSSR count). The molecule has 0 aliphatic heterocycles. The number of benzene rings is 1. The number of hydrogen-bond acceptors (Lipinski definition) is 3. The summed E-state index contributed by atoms with van der Waals surface area (Å²) in [5.41, 5.74) is 0.884. The van der Waals surface area contributed by atoms with Crippen molar-refractivity contribution in [2.75, 3.05) is 6.54 Å². The molecule has 2 N–H and O–H groups in total. The number of carbonyl (C=O) groups excluding carboxylic acids is 2. The number of hydrogen-bond donors (Lipinski definition) is 2. The van der Waals surface area contributed by atoms with Gasteiger partial charge in [-0.15, -0.1) is 0 Å². The molecular weight excluding hydrogens is 287 g/mol. The van der Waals surface area contributed by atoms with Crippen LogP contribution in [0.4, 0.5) is 4.39 Å². The Balaban J connectivity index is 1.97. The first-order chi connectivity index (χ1) is 10.5. The Hall–Kier alpha value is -2.63. The van der Waals surface area contributed by atoms with Crippen LogP contribution in [0, 0.1) is 5.82 Å². The highest BCUT2D eigenvalue weighted by molar-refractivity contribution is 5.87. The number of fused-ring (bicyclic) bond motifs is 1. The highest BCUT2D eigenvalue weighted by atomic mass is 19.1. The molecule has 0 radical (unpaired) electrons. The van der Waals surface area contributed by atoms with Gasteiger partial charge in [0, 0.05) is 23.9 Å². The molecule has 1 aromatic carbocycles. The molecule has 0 saturated heterocycles. The van der Waals surface area contributed by atoms with Crippen molar-refractivity contribution >= 4 is 22.8 Å². The van der Waals surface area contributed by atoms with Gasteiger partial charge < -0.3 is 15.1 Å². The molecule has 0 unspecified atom stereocenters. The molecule has 22 heavy (non-hydrogen) atoms. The van der Waals surface area contributed by atoms with Crippen LogP contribution < -0.4 is 10.6 Å². The molecule has 1 heterocycles. The van der Waals surface area contributed by atoms with Crippen molar-refractivity contribution in [3.8, 4) is 0 Å². The first-order valence-electron chi connectivity index (χ1n) is 6.88. The lowest BCUT2D eigenvalue weighted by Gasteiger charge is -2.13. The second kappa shape index (κ2) is 6.89. The van der Waals surface area contributed by atoms with Crippen LogP contribution in [0.2, 0.25) is 0 Å². The lowest BCUT2D eigenvalue weighted by molar-refractivity contribution is -0.121. The van der Waals surface area contributed by atoms with Gasteiger partial charge in [0.25, 0.3) is 0 Å². The number of rotatable bonds is 6. The van der Waals surface area contributed by atoms with E-state index in [1.54, 1.807) is 19.1 Å². The van der Waals surface area contributed by atoms with E-state index in [4.69, 9.17) is 4.42 Å². The summed E-state index contributed by atoms with van der Waals surface area (Å²) in [6, 6.07) is 4.33. The maximum absolute atomic E-state index is 13.6. The first-order valence-corrected chi connectivity index (χ1v) is 6.88. The van der Waals surface area contributed by atoms with E-state index < -0.39 is 5.82 Å². The molecule has 1 aromatic heterocycles. The Kier molecular flexibility index (Phi) is 4.93. The lowest BCUT2D eigenvalue weighted by Crippen LogP contribution is -2.31. The first kappa shape index (κ1) is 15.8. The molecule has 0 spiro atoms. The van der Waals surface area contributed by atoms with Crippen molar-refractivity contribution in [2.45, 2.75) is 19.4 Å². The Labute approximate surface area is 127 Å². The maximum Gasteiger partial charge on any atom is 0.243 e. The van der Waals surface area contributed by atoms with Crippen molar-refractivity contribution in [3.63, 3.8) is 0 Å². The molecular formula is C16H17FN2O3. The van der Waals surface area contributed by atoms with Gasteiger partial charge in [-0.3, -0.25) is 9.59 Å². The fourth-order valence-electron chi connectivity index (χ4n) is 2.14. The average Bonchev–Trinajstić information content (AvgIpc) is 2.92. The highest BCUT2D eigenvalue weighted by Crippen LogP contribution is 2.27. The van der Waals surface area contributed by atoms with E-state index in [-0.39, 0.29) is 36.4 Å². The third kappa shape index (κ3) is 3.52. The normalized spacial score (nSPS) is 11.9. The van der Waals surface area contributed by atoms with Crippen LogP contribution in [-0.2, 0) is 9.59 Å². The second-order valence-corrected chi connectivity index (χ2v) is 4.84. The molecule has 0 aliphatic carbocycles. The van der Waals surface area contributed by atoms with Crippen molar-refractivity contribution in [3.05, 3.63) is 48.5 Å². The van der Waals surface area contributed by atoms with Crippen LogP contribution in [0.15, 0.2) is 41.5 Å². The van der Waals surface area contributed by atoms with E-state index in [0.717, 1.165) is 6.08 Å². The van der Waals surface area contributed by atoms with Crippen LogP contribution in [-0.4, -0.2) is 18.4 Å². The highest BCUT2D eigenvalue weighted by Gasteiger charge is 2.16. The monoisotopic (exact) mass is 304 g/mol. The summed E-state index contributed by atoms with van der Waals surface area (Å²) in [6.45, 7) is 5.34. The van der Waals surface area contributed by atoms with Gasteiger partial charge in [-0.05, 0) is 19.1 Å². The zero-order chi connectivity index (χ0) is 16.1. The molecule has 0 fully saturated rings. The minimum absolute atomic E-state index is 0.147. The molecule has 0 aliphatic rings. The molecule has 2 aromatic rings. The Morgan fingerprint density at radius 2 is 2.23 bits per heavy atom. The maximum atomic E-state index is 13.6. The van der Waals surface area contributed by atoms with Gasteiger partial charge in [0.2, 0.25) is 11.8 Å². The van der Waals surface area contributed by atoms with Crippen molar-refractivity contribution < 1.29 is 18.4 Å². The van der Waals surface area contributed by atoms with Gasteiger partial charge >= 0.3 is 0 Å². The summed E-state index contributed by atoms with van der Waals surface area (Å²) in [4.78, 5) is 22.8. The third-order valence-corrected chi connectivity index (χ3v) is 3.26. The fraction of sp³-hybridized carbons (Fsp3) is 0.250. The largest absolute Gasteiger partial charge is 0.461 e. The quantitative estimate of drug-likeness (QED) is 0.805. The number of halogens is 1. The molecule has 0 bridgehead atoms. The molecule has 2 amide bonds. The second-order valence-electron chi connectivity index (χ2n) is 4.84. The lowest BCUT2D eigenvalue weighted by atomic mass is 10.1. The van der Waals surface area contributed by atoms with Gasteiger partial charge in [0.1, 0.15) is 0 Å². The van der Waals surface area contributed by atoms with E-state index in [1.807, 2.05) is 0 Å². The Bertz CT molecular complexity index is 708. The van der Waals surface area contributed by atoms with Crippen LogP contribution in [0.1, 0.15) is 24.9 Å². The standard InChI is InChI=1S/C16H17FN2O3/c1-3-14(20)18-8-7-15(21)19-10(2)12-9-22-16-11(12)5-4-6-13(16)17/h3-6,9-10H,1,7-8H2,2H3,(H,18,20)(H,19,21)/t10-/m1/s1. The van der Waals surface area contributed by atoms with E-state index in [2.05, 4.69) is 17.2 Å². The van der Waals surface area contributed by atoms with Crippen LogP contribution >= 0.6 is 0 Å². The van der Waals surface area contributed by atoms with Crippen molar-refractivity contribution in [1.29, 1.82) is 0 Å².